The van der Waals surface area contributed by atoms with Crippen molar-refractivity contribution in [1.82, 2.24) is 20.6 Å². The van der Waals surface area contributed by atoms with E-state index in [1.54, 1.807) is 44.6 Å². The van der Waals surface area contributed by atoms with Crippen LogP contribution in [0.4, 0.5) is 10.5 Å². The lowest BCUT2D eigenvalue weighted by atomic mass is 9.73. The molecule has 0 saturated carbocycles. The first kappa shape index (κ1) is 72.4. The SMILES string of the molecule is C=C(OC)C(=O)Nc1cc(OC)c(OC)cc1C(=O)O[C@H]1C[C@H](O[C@@H]2C(=O)C(NC(=O)OC)=C3/C(=C\CSSSC)[C@]2(O)C#C/C=C\C#C[C@@H]3O[C@@H]2O[C@H](C)[C@@](SC)(C(=O)c3nccc4c3[nH]c3ccc(O)cc34)[C@H](O)[C@H]2O[C@H]2C[C@H](OC)[C@@H](NC(C)C)CO2)O[C@@H](C)[C@H]1O. The molecule has 95 heavy (non-hydrogen) atoms. The number of phenolic OH excluding ortho intramolecular Hbond substituents is 1. The number of carbonyl (C=O) groups excluding carboxylic acids is 5. The van der Waals surface area contributed by atoms with Gasteiger partial charge >= 0.3 is 12.1 Å². The number of hydrogen-bond acceptors (Lipinski definition) is 27. The normalized spacial score (nSPS) is 29.7. The van der Waals surface area contributed by atoms with Gasteiger partial charge in [0.05, 0.1) is 81.9 Å². The first-order valence-corrected chi connectivity index (χ1v) is 35.1. The summed E-state index contributed by atoms with van der Waals surface area (Å²) in [6, 6.07) is 8.75. The van der Waals surface area contributed by atoms with Gasteiger partial charge in [-0.3, -0.25) is 24.7 Å². The van der Waals surface area contributed by atoms with E-state index in [0.717, 1.165) is 18.9 Å². The molecule has 15 atom stereocenters. The van der Waals surface area contributed by atoms with Gasteiger partial charge in [0.1, 0.15) is 46.7 Å². The Morgan fingerprint density at radius 1 is 0.916 bits per heavy atom. The monoisotopic (exact) mass is 1390 g/mol. The van der Waals surface area contributed by atoms with E-state index in [1.165, 1.54) is 96.2 Å². The zero-order chi connectivity index (χ0) is 68.6. The highest BCUT2D eigenvalue weighted by Crippen LogP contribution is 2.48. The predicted molar refractivity (Wildman–Crippen MR) is 355 cm³/mol. The van der Waals surface area contributed by atoms with Gasteiger partial charge in [-0.15, -0.1) is 11.8 Å². The Labute approximate surface area is 563 Å². The third-order valence-electron chi connectivity index (χ3n) is 16.5. The highest BCUT2D eigenvalue weighted by molar-refractivity contribution is 9.09. The Kier molecular flexibility index (Phi) is 24.1. The number of H-pyrrole nitrogens is 1. The summed E-state index contributed by atoms with van der Waals surface area (Å²) in [5.74, 6) is 7.82. The predicted octanol–water partition coefficient (Wildman–Crippen LogP) is 6.02. The minimum atomic E-state index is -2.71. The molecule has 2 aromatic heterocycles. The van der Waals surface area contributed by atoms with Gasteiger partial charge in [-0.05, 0) is 72.6 Å². The summed E-state index contributed by atoms with van der Waals surface area (Å²) in [7, 11) is 10.7. The van der Waals surface area contributed by atoms with Crippen molar-refractivity contribution in [2.45, 2.75) is 137 Å². The number of amides is 2. The van der Waals surface area contributed by atoms with E-state index >= 15 is 9.59 Å². The van der Waals surface area contributed by atoms with E-state index in [-0.39, 0.29) is 82.0 Å². The number of benzene rings is 2. The number of ketones is 2. The summed E-state index contributed by atoms with van der Waals surface area (Å²) in [6.07, 6.45) is -10.2. The number of ether oxygens (including phenoxy) is 12. The third kappa shape index (κ3) is 15.2. The number of nitrogens with zero attached hydrogens (tertiary/aromatic N) is 1. The third-order valence-corrected chi connectivity index (χ3v) is 21.7. The second kappa shape index (κ2) is 31.6. The van der Waals surface area contributed by atoms with Crippen LogP contribution in [0.25, 0.3) is 21.8 Å². The number of Topliss-reactive ketones (excluding diaryl/α,β-unsaturated/α-hetero) is 2. The van der Waals surface area contributed by atoms with Crippen molar-refractivity contribution in [2.24, 2.45) is 0 Å². The van der Waals surface area contributed by atoms with Crippen molar-refractivity contribution in [3.8, 4) is 40.9 Å². The number of anilines is 1. The second-order valence-corrected chi connectivity index (χ2v) is 28.0. The van der Waals surface area contributed by atoms with Gasteiger partial charge < -0.3 is 92.9 Å². The molecule has 2 bridgehead atoms. The largest absolute Gasteiger partial charge is 0.508 e. The maximum absolute atomic E-state index is 15.8. The number of phenols is 1. The number of carbonyl (C=O) groups is 5. The van der Waals surface area contributed by atoms with Gasteiger partial charge in [0.2, 0.25) is 11.6 Å². The average molecular weight is 1390 g/mol. The summed E-state index contributed by atoms with van der Waals surface area (Å²) in [5.41, 5.74) is -3.21. The van der Waals surface area contributed by atoms with E-state index in [0.29, 0.717) is 21.8 Å². The number of aliphatic hydroxyl groups is 3. The van der Waals surface area contributed by atoms with Crippen LogP contribution < -0.4 is 25.4 Å². The van der Waals surface area contributed by atoms with Crippen molar-refractivity contribution >= 4 is 100 Å². The molecule has 510 valence electrons. The highest BCUT2D eigenvalue weighted by Gasteiger charge is 2.62. The number of pyridine rings is 1. The van der Waals surface area contributed by atoms with Crippen LogP contribution in [0, 0.1) is 23.7 Å². The summed E-state index contributed by atoms with van der Waals surface area (Å²) >= 11 is 0.991. The molecule has 9 rings (SSSR count). The van der Waals surface area contributed by atoms with E-state index < -0.39 is 126 Å². The zero-order valence-corrected chi connectivity index (χ0v) is 57.0. The number of methoxy groups -OCH3 is 5. The summed E-state index contributed by atoms with van der Waals surface area (Å²) < 4.78 is 70.7. The van der Waals surface area contributed by atoms with Gasteiger partial charge in [0.25, 0.3) is 5.91 Å². The molecule has 8 N–H and O–H groups in total. The Morgan fingerprint density at radius 2 is 1.65 bits per heavy atom. The maximum Gasteiger partial charge on any atom is 0.411 e. The average Bonchev–Trinajstić information content (AvgIpc) is 1.72. The Bertz CT molecular complexity index is 3800. The molecule has 3 saturated heterocycles. The van der Waals surface area contributed by atoms with Crippen LogP contribution in [0.5, 0.6) is 17.2 Å². The fraction of sp³-hybridized carbons (Fsp3) is 0.477. The van der Waals surface area contributed by atoms with Crippen LogP contribution in [0.15, 0.2) is 90.0 Å². The van der Waals surface area contributed by atoms with E-state index in [4.69, 9.17) is 56.8 Å². The molecule has 26 nitrogen and oxygen atoms in total. The molecule has 0 spiro atoms. The van der Waals surface area contributed by atoms with Crippen molar-refractivity contribution in [1.29, 1.82) is 0 Å². The van der Waals surface area contributed by atoms with Crippen LogP contribution in [0.2, 0.25) is 0 Å². The number of thioether (sulfide) groups is 1. The molecule has 2 aromatic carbocycles. The number of aromatic amines is 1. The molecule has 4 aromatic rings. The molecular weight excluding hydrogens is 1310 g/mol. The van der Waals surface area contributed by atoms with Gasteiger partial charge in [-0.1, -0.05) is 71.8 Å². The number of esters is 1. The standard InChI is InChI=1S/C65H75N5O21S4/c1-31(2)67-42-30-85-48(28-44(42)81-7)90-56-58(75)65(92-11,57(74)53-51-36(20-23-66-53)37-25-35(71)18-19-40(37)68-51)34(5)87-62(56)89-43-17-15-13-14-16-22-64(79)39(21-24-94-95-93-12)50(43)52(70-63(78)84-10)55(73)59(64)91-49-29-47(54(72)32(3)86-49)88-61(77)38-26-45(82-8)46(83-9)27-41(38)69-60(76)33(4)80-6/h13-14,18-21,23,25-27,31-32,34,42-44,47-49,54,56,58-59,62,67-68,71-72,75,79H,4,24,28-30H2,1-3,5-12H3,(H,69,76)(H,70,78)/b14-13-,39-21+/t32-,34+,42-,43-,44-,47-,48-,49-,54+,56+,58+,59+,62-,64+,65+/m0/s1. The molecule has 2 aliphatic carbocycles. The van der Waals surface area contributed by atoms with Crippen LogP contribution in [0.1, 0.15) is 61.4 Å². The van der Waals surface area contributed by atoms with E-state index in [1.807, 2.05) is 20.1 Å². The topological polar surface area (TPSA) is 342 Å². The quantitative estimate of drug-likeness (QED) is 0.00756. The smallest absolute Gasteiger partial charge is 0.411 e. The lowest BCUT2D eigenvalue weighted by Gasteiger charge is -2.51. The summed E-state index contributed by atoms with van der Waals surface area (Å²) in [4.78, 5) is 80.4. The number of allylic oxidation sites excluding steroid dienone is 2. The number of nitrogens with one attached hydrogen (secondary N) is 4. The van der Waals surface area contributed by atoms with Gasteiger partial charge in [0, 0.05) is 77.5 Å². The number of rotatable bonds is 24. The van der Waals surface area contributed by atoms with Crippen LogP contribution in [-0.4, -0.2) is 217 Å². The second-order valence-electron chi connectivity index (χ2n) is 22.5. The lowest BCUT2D eigenvalue weighted by molar-refractivity contribution is -0.323. The molecule has 5 heterocycles. The van der Waals surface area contributed by atoms with E-state index in [2.05, 4.69) is 56.2 Å². The van der Waals surface area contributed by atoms with Crippen LogP contribution in [0.3, 0.4) is 0 Å². The first-order valence-electron chi connectivity index (χ1n) is 29.8. The van der Waals surface area contributed by atoms with Gasteiger partial charge in [0.15, 0.2) is 47.8 Å². The van der Waals surface area contributed by atoms with Crippen molar-refractivity contribution in [3.63, 3.8) is 0 Å². The van der Waals surface area contributed by atoms with Crippen molar-refractivity contribution in [3.05, 3.63) is 101 Å². The van der Waals surface area contributed by atoms with Gasteiger partial charge in [-0.2, -0.15) is 0 Å². The molecule has 30 heteroatoms. The van der Waals surface area contributed by atoms with Crippen LogP contribution in [-0.2, 0) is 57.0 Å². The molecule has 3 aliphatic heterocycles. The molecule has 0 unspecified atom stereocenters. The maximum atomic E-state index is 15.8. The number of aromatic hydroxyl groups is 1. The van der Waals surface area contributed by atoms with Gasteiger partial charge in [-0.25, -0.2) is 9.59 Å². The van der Waals surface area contributed by atoms with Crippen molar-refractivity contribution < 1.29 is 101 Å². The fourth-order valence-electron chi connectivity index (χ4n) is 11.9. The van der Waals surface area contributed by atoms with E-state index in [9.17, 15) is 34.8 Å². The van der Waals surface area contributed by atoms with Crippen molar-refractivity contribution in [2.75, 3.05) is 65.7 Å². The highest BCUT2D eigenvalue weighted by atomic mass is 33.5. The Balaban J connectivity index is 1.12. The molecule has 5 aliphatic rings. The number of aliphatic hydroxyl groups excluding tert-OH is 2. The molecule has 2 amide bonds. The molecular formula is C65H75N5O21S4. The minimum absolute atomic E-state index is 0.00264. The molecule has 0 radical (unpaired) electrons. The Morgan fingerprint density at radius 3 is 2.35 bits per heavy atom. The first-order chi connectivity index (χ1) is 45.5. The summed E-state index contributed by atoms with van der Waals surface area (Å²) in [5, 5.41) is 58.7. The number of aromatic nitrogens is 2. The summed E-state index contributed by atoms with van der Waals surface area (Å²) in [6.45, 7) is 10.6. The Hall–Kier alpha value is -6.82. The number of hydrogen-bond donors (Lipinski definition) is 8. The fourth-order valence-corrected chi connectivity index (χ4v) is 15.3. The molecule has 3 fully saturated rings. The number of fused-ring (bicyclic) bond motifs is 5. The number of alkyl carbamates (subject to hydrolysis) is 1. The minimum Gasteiger partial charge on any atom is -0.508 e. The van der Waals surface area contributed by atoms with Crippen LogP contribution >= 0.6 is 43.2 Å². The lowest BCUT2D eigenvalue weighted by Crippen LogP contribution is -2.69. The zero-order valence-electron chi connectivity index (χ0n) is 53.7.